The highest BCUT2D eigenvalue weighted by atomic mass is 16.6. The van der Waals surface area contributed by atoms with Crippen LogP contribution in [0.2, 0.25) is 0 Å². The number of amides is 1. The fraction of sp³-hybridized carbons (Fsp3) is 0.526. The van der Waals surface area contributed by atoms with Crippen molar-refractivity contribution in [3.8, 4) is 5.75 Å². The Morgan fingerprint density at radius 3 is 2.44 bits per heavy atom. The number of esters is 1. The summed E-state index contributed by atoms with van der Waals surface area (Å²) in [7, 11) is 0. The second-order valence-corrected chi connectivity index (χ2v) is 6.21. The normalized spacial score (nSPS) is 15.5. The van der Waals surface area contributed by atoms with E-state index in [0.29, 0.717) is 17.6 Å². The predicted octanol–water partition coefficient (Wildman–Crippen LogP) is 2.65. The molecule has 25 heavy (non-hydrogen) atoms. The highest BCUT2D eigenvalue weighted by Gasteiger charge is 2.15. The Hall–Kier alpha value is -2.37. The molecule has 0 heterocycles. The van der Waals surface area contributed by atoms with Crippen molar-refractivity contribution in [2.45, 2.75) is 51.0 Å². The summed E-state index contributed by atoms with van der Waals surface area (Å²) in [6.45, 7) is -0.657. The minimum atomic E-state index is -0.645. The van der Waals surface area contributed by atoms with Gasteiger partial charge in [-0.05, 0) is 25.0 Å². The first kappa shape index (κ1) is 19.0. The van der Waals surface area contributed by atoms with E-state index in [2.05, 4.69) is 5.32 Å². The van der Waals surface area contributed by atoms with Gasteiger partial charge < -0.3 is 14.8 Å². The summed E-state index contributed by atoms with van der Waals surface area (Å²) >= 11 is 0. The van der Waals surface area contributed by atoms with Gasteiger partial charge in [0.2, 0.25) is 0 Å². The Morgan fingerprint density at radius 2 is 1.72 bits per heavy atom. The summed E-state index contributed by atoms with van der Waals surface area (Å²) in [4.78, 5) is 34.5. The van der Waals surface area contributed by atoms with Gasteiger partial charge in [0.1, 0.15) is 5.75 Å². The smallest absolute Gasteiger partial charge is 0.344 e. The maximum absolute atomic E-state index is 11.9. The first-order chi connectivity index (χ1) is 12.2. The summed E-state index contributed by atoms with van der Waals surface area (Å²) in [5, 5.41) is 2.93. The third kappa shape index (κ3) is 6.95. The van der Waals surface area contributed by atoms with Crippen LogP contribution in [-0.2, 0) is 14.3 Å². The van der Waals surface area contributed by atoms with Crippen LogP contribution in [0.4, 0.5) is 0 Å². The van der Waals surface area contributed by atoms with Gasteiger partial charge in [-0.25, -0.2) is 4.79 Å². The predicted molar refractivity (Wildman–Crippen MR) is 92.5 cm³/mol. The molecule has 0 unspecified atom stereocenters. The molecule has 1 aromatic rings. The molecule has 0 spiro atoms. The average molecular weight is 347 g/mol. The third-order valence-electron chi connectivity index (χ3n) is 4.23. The van der Waals surface area contributed by atoms with E-state index >= 15 is 0 Å². The quantitative estimate of drug-likeness (QED) is 0.606. The van der Waals surface area contributed by atoms with E-state index in [1.807, 2.05) is 0 Å². The van der Waals surface area contributed by atoms with Crippen molar-refractivity contribution in [2.75, 3.05) is 13.2 Å². The zero-order valence-electron chi connectivity index (χ0n) is 14.4. The van der Waals surface area contributed by atoms with Crippen LogP contribution in [0.3, 0.4) is 0 Å². The Kier molecular flexibility index (Phi) is 7.95. The maximum atomic E-state index is 11.9. The Bertz CT molecular complexity index is 579. The van der Waals surface area contributed by atoms with Gasteiger partial charge in [-0.15, -0.1) is 0 Å². The second-order valence-electron chi connectivity index (χ2n) is 6.21. The van der Waals surface area contributed by atoms with Crippen LogP contribution in [0.15, 0.2) is 24.3 Å². The second kappa shape index (κ2) is 10.5. The van der Waals surface area contributed by atoms with Crippen LogP contribution >= 0.6 is 0 Å². The van der Waals surface area contributed by atoms with E-state index in [9.17, 15) is 14.4 Å². The van der Waals surface area contributed by atoms with Crippen LogP contribution < -0.4 is 10.1 Å². The number of carbonyl (C=O) groups excluding carboxylic acids is 3. The van der Waals surface area contributed by atoms with Gasteiger partial charge in [-0.3, -0.25) is 9.59 Å². The molecule has 0 bridgehead atoms. The van der Waals surface area contributed by atoms with Crippen molar-refractivity contribution >= 4 is 18.2 Å². The van der Waals surface area contributed by atoms with E-state index in [1.54, 1.807) is 24.3 Å². The number of rotatable bonds is 7. The molecule has 1 aliphatic carbocycles. The molecule has 0 aromatic heterocycles. The molecule has 6 nitrogen and oxygen atoms in total. The number of para-hydroxylation sites is 1. The lowest BCUT2D eigenvalue weighted by molar-refractivity contribution is -0.150. The Morgan fingerprint density at radius 1 is 1.04 bits per heavy atom. The molecule has 0 radical (unpaired) electrons. The highest BCUT2D eigenvalue weighted by Crippen LogP contribution is 2.17. The average Bonchev–Trinajstić information content (AvgIpc) is 2.60. The minimum Gasteiger partial charge on any atom is -0.481 e. The van der Waals surface area contributed by atoms with Crippen LogP contribution in [0, 0.1) is 0 Å². The molecule has 1 aliphatic rings. The van der Waals surface area contributed by atoms with Crippen molar-refractivity contribution in [1.29, 1.82) is 0 Å². The summed E-state index contributed by atoms with van der Waals surface area (Å²) in [6, 6.07) is 6.77. The summed E-state index contributed by atoms with van der Waals surface area (Å²) < 4.78 is 10.2. The van der Waals surface area contributed by atoms with Crippen molar-refractivity contribution in [3.63, 3.8) is 0 Å². The van der Waals surface area contributed by atoms with Gasteiger partial charge >= 0.3 is 5.97 Å². The van der Waals surface area contributed by atoms with Crippen LogP contribution in [0.1, 0.15) is 55.3 Å². The number of ether oxygens (including phenoxy) is 2. The molecule has 0 atom stereocenters. The van der Waals surface area contributed by atoms with E-state index in [4.69, 9.17) is 9.47 Å². The molecule has 136 valence electrons. The van der Waals surface area contributed by atoms with Gasteiger partial charge in [0.25, 0.3) is 5.91 Å². The fourth-order valence-corrected chi connectivity index (χ4v) is 2.90. The van der Waals surface area contributed by atoms with E-state index in [0.717, 1.165) is 25.7 Å². The molecule has 2 rings (SSSR count). The number of nitrogens with one attached hydrogen (secondary N) is 1. The summed E-state index contributed by atoms with van der Waals surface area (Å²) in [6.07, 6.45) is 8.54. The molecule has 6 heteroatoms. The lowest BCUT2D eigenvalue weighted by Crippen LogP contribution is -2.38. The number of benzene rings is 1. The zero-order chi connectivity index (χ0) is 17.9. The molecule has 0 saturated heterocycles. The number of carbonyl (C=O) groups is 3. The van der Waals surface area contributed by atoms with Crippen molar-refractivity contribution in [1.82, 2.24) is 5.32 Å². The summed E-state index contributed by atoms with van der Waals surface area (Å²) in [5.74, 6) is -0.617. The van der Waals surface area contributed by atoms with Gasteiger partial charge in [-0.2, -0.15) is 0 Å². The summed E-state index contributed by atoms with van der Waals surface area (Å²) in [5.41, 5.74) is 0.359. The van der Waals surface area contributed by atoms with Gasteiger partial charge in [-0.1, -0.05) is 44.2 Å². The van der Waals surface area contributed by atoms with Crippen molar-refractivity contribution in [3.05, 3.63) is 29.8 Å². The fourth-order valence-electron chi connectivity index (χ4n) is 2.90. The van der Waals surface area contributed by atoms with E-state index < -0.39 is 5.97 Å². The van der Waals surface area contributed by atoms with E-state index in [1.165, 1.54) is 19.3 Å². The molecular formula is C19H25NO5. The molecular weight excluding hydrogens is 322 g/mol. The molecule has 1 fully saturated rings. The number of hydrogen-bond donors (Lipinski definition) is 1. The molecule has 1 amide bonds. The minimum absolute atomic E-state index is 0.169. The Labute approximate surface area is 147 Å². The maximum Gasteiger partial charge on any atom is 0.344 e. The highest BCUT2D eigenvalue weighted by molar-refractivity contribution is 5.82. The van der Waals surface area contributed by atoms with Crippen LogP contribution in [0.25, 0.3) is 0 Å². The van der Waals surface area contributed by atoms with Gasteiger partial charge in [0.05, 0.1) is 5.56 Å². The molecule has 1 aromatic carbocycles. The standard InChI is InChI=1S/C19H25NO5/c21-12-15-8-6-7-11-17(15)24-14-19(23)25-13-18(22)20-16-9-4-2-1-3-5-10-16/h6-8,11-12,16H,1-5,9-10,13-14H2,(H,20,22). The topological polar surface area (TPSA) is 81.7 Å². The zero-order valence-corrected chi connectivity index (χ0v) is 14.4. The molecule has 1 N–H and O–H groups in total. The van der Waals surface area contributed by atoms with Crippen LogP contribution in [-0.4, -0.2) is 37.4 Å². The number of aldehydes is 1. The first-order valence-electron chi connectivity index (χ1n) is 8.81. The van der Waals surface area contributed by atoms with Gasteiger partial charge in [0, 0.05) is 6.04 Å². The van der Waals surface area contributed by atoms with E-state index in [-0.39, 0.29) is 25.2 Å². The molecule has 1 saturated carbocycles. The monoisotopic (exact) mass is 347 g/mol. The lowest BCUT2D eigenvalue weighted by atomic mass is 9.97. The Balaban J connectivity index is 1.68. The van der Waals surface area contributed by atoms with Gasteiger partial charge in [0.15, 0.2) is 19.5 Å². The third-order valence-corrected chi connectivity index (χ3v) is 4.23. The SMILES string of the molecule is O=Cc1ccccc1OCC(=O)OCC(=O)NC1CCCCCCC1. The number of hydrogen-bond acceptors (Lipinski definition) is 5. The largest absolute Gasteiger partial charge is 0.481 e. The lowest BCUT2D eigenvalue weighted by Gasteiger charge is -2.20. The van der Waals surface area contributed by atoms with Crippen molar-refractivity contribution < 1.29 is 23.9 Å². The first-order valence-corrected chi connectivity index (χ1v) is 8.81. The molecule has 0 aliphatic heterocycles. The van der Waals surface area contributed by atoms with Crippen LogP contribution in [0.5, 0.6) is 5.75 Å². The van der Waals surface area contributed by atoms with Crippen molar-refractivity contribution in [2.24, 2.45) is 0 Å².